The molecule has 0 amide bonds. The number of nitrogen functional groups attached to an aromatic ring is 1. The van der Waals surface area contributed by atoms with Gasteiger partial charge in [-0.1, -0.05) is 0 Å². The molecular weight excluding hydrogens is 276 g/mol. The van der Waals surface area contributed by atoms with Gasteiger partial charge in [0.25, 0.3) is 0 Å². The van der Waals surface area contributed by atoms with E-state index in [2.05, 4.69) is 15.3 Å². The van der Waals surface area contributed by atoms with Crippen molar-refractivity contribution >= 4 is 28.8 Å². The summed E-state index contributed by atoms with van der Waals surface area (Å²) in [5, 5.41) is 6.04. The topological polar surface area (TPSA) is 90.1 Å². The zero-order chi connectivity index (χ0) is 14.5. The van der Waals surface area contributed by atoms with E-state index in [-0.39, 0.29) is 6.04 Å². The molecule has 0 saturated carbocycles. The largest absolute Gasteiger partial charge is 0.462 e. The summed E-state index contributed by atoms with van der Waals surface area (Å²) in [4.78, 5) is 20.2. The normalized spacial score (nSPS) is 11.9. The smallest absolute Gasteiger partial charge is 0.340 e. The third kappa shape index (κ3) is 3.24. The second-order valence-corrected chi connectivity index (χ2v) is 5.04. The quantitative estimate of drug-likeness (QED) is 0.823. The molecule has 2 rings (SSSR count). The maximum Gasteiger partial charge on any atom is 0.340 e. The van der Waals surface area contributed by atoms with Crippen molar-refractivity contribution < 1.29 is 9.53 Å². The molecule has 106 valence electrons. The standard InChI is InChI=1S/C13H16N4O2S/c1-3-19-13(18)9-6-11(16-7-10(9)14)17-8(2)12-15-4-5-20-12/h4-8H,3,14H2,1-2H3,(H,16,17). The van der Waals surface area contributed by atoms with Gasteiger partial charge >= 0.3 is 5.97 Å². The van der Waals surface area contributed by atoms with Crippen LogP contribution < -0.4 is 11.1 Å². The van der Waals surface area contributed by atoms with Crippen molar-refractivity contribution in [3.63, 3.8) is 0 Å². The van der Waals surface area contributed by atoms with Crippen LogP contribution in [0.5, 0.6) is 0 Å². The summed E-state index contributed by atoms with van der Waals surface area (Å²) in [6, 6.07) is 1.60. The highest BCUT2D eigenvalue weighted by molar-refractivity contribution is 7.09. The van der Waals surface area contributed by atoms with Crippen LogP contribution in [0.15, 0.2) is 23.8 Å². The van der Waals surface area contributed by atoms with Gasteiger partial charge in [-0.3, -0.25) is 0 Å². The van der Waals surface area contributed by atoms with Crippen molar-refractivity contribution in [2.24, 2.45) is 0 Å². The Hall–Kier alpha value is -2.15. The van der Waals surface area contributed by atoms with Crippen LogP contribution in [0.1, 0.15) is 35.3 Å². The number of thiazole rings is 1. The number of nitrogens with zero attached hydrogens (tertiary/aromatic N) is 2. The highest BCUT2D eigenvalue weighted by Crippen LogP contribution is 2.22. The van der Waals surface area contributed by atoms with Gasteiger partial charge in [-0.2, -0.15) is 0 Å². The molecule has 0 aliphatic heterocycles. The summed E-state index contributed by atoms with van der Waals surface area (Å²) in [6.45, 7) is 4.03. The van der Waals surface area contributed by atoms with Crippen LogP contribution in [0.2, 0.25) is 0 Å². The summed E-state index contributed by atoms with van der Waals surface area (Å²) in [6.07, 6.45) is 3.20. The Labute approximate surface area is 121 Å². The van der Waals surface area contributed by atoms with Crippen LogP contribution in [0.3, 0.4) is 0 Å². The fourth-order valence-electron chi connectivity index (χ4n) is 1.66. The van der Waals surface area contributed by atoms with E-state index >= 15 is 0 Å². The maximum absolute atomic E-state index is 11.8. The lowest BCUT2D eigenvalue weighted by Gasteiger charge is -2.13. The van der Waals surface area contributed by atoms with Gasteiger partial charge in [0.1, 0.15) is 10.8 Å². The molecule has 20 heavy (non-hydrogen) atoms. The number of nitrogens with two attached hydrogens (primary N) is 1. The molecule has 0 aliphatic carbocycles. The van der Waals surface area contributed by atoms with Gasteiger partial charge in [0.2, 0.25) is 0 Å². The lowest BCUT2D eigenvalue weighted by molar-refractivity contribution is 0.0527. The molecule has 0 bridgehead atoms. The molecule has 0 saturated heterocycles. The first-order valence-electron chi connectivity index (χ1n) is 6.20. The lowest BCUT2D eigenvalue weighted by Crippen LogP contribution is -2.12. The molecule has 2 heterocycles. The summed E-state index contributed by atoms with van der Waals surface area (Å²) in [5.74, 6) is 0.113. The Kier molecular flexibility index (Phi) is 4.52. The maximum atomic E-state index is 11.8. The first-order chi connectivity index (χ1) is 9.61. The molecule has 3 N–H and O–H groups in total. The first kappa shape index (κ1) is 14.3. The van der Waals surface area contributed by atoms with Gasteiger partial charge in [-0.25, -0.2) is 14.8 Å². The number of ether oxygens (including phenoxy) is 1. The number of anilines is 2. The number of pyridine rings is 1. The van der Waals surface area contributed by atoms with Gasteiger partial charge in [0.15, 0.2) is 0 Å². The van der Waals surface area contributed by atoms with Crippen molar-refractivity contribution in [2.75, 3.05) is 17.7 Å². The summed E-state index contributed by atoms with van der Waals surface area (Å²) in [5.41, 5.74) is 6.36. The monoisotopic (exact) mass is 292 g/mol. The third-order valence-corrected chi connectivity index (χ3v) is 3.57. The Morgan fingerprint density at radius 2 is 2.35 bits per heavy atom. The van der Waals surface area contributed by atoms with Crippen LogP contribution in [0, 0.1) is 0 Å². The number of hydrogen-bond acceptors (Lipinski definition) is 7. The van der Waals surface area contributed by atoms with Crippen molar-refractivity contribution in [1.82, 2.24) is 9.97 Å². The van der Waals surface area contributed by atoms with Crippen molar-refractivity contribution in [3.05, 3.63) is 34.4 Å². The zero-order valence-electron chi connectivity index (χ0n) is 11.3. The van der Waals surface area contributed by atoms with E-state index in [9.17, 15) is 4.79 Å². The van der Waals surface area contributed by atoms with Crippen LogP contribution in [-0.4, -0.2) is 22.5 Å². The van der Waals surface area contributed by atoms with E-state index < -0.39 is 5.97 Å². The van der Waals surface area contributed by atoms with Crippen molar-refractivity contribution in [2.45, 2.75) is 19.9 Å². The van der Waals surface area contributed by atoms with E-state index in [1.54, 1.807) is 30.5 Å². The van der Waals surface area contributed by atoms with Crippen molar-refractivity contribution in [3.8, 4) is 0 Å². The average Bonchev–Trinajstić information content (AvgIpc) is 2.95. The van der Waals surface area contributed by atoms with Gasteiger partial charge in [-0.05, 0) is 19.9 Å². The number of nitrogens with one attached hydrogen (secondary N) is 1. The molecule has 0 fully saturated rings. The molecule has 2 aromatic rings. The molecule has 0 aliphatic rings. The first-order valence-corrected chi connectivity index (χ1v) is 7.08. The highest BCUT2D eigenvalue weighted by Gasteiger charge is 2.14. The van der Waals surface area contributed by atoms with E-state index in [1.807, 2.05) is 12.3 Å². The molecule has 1 unspecified atom stereocenters. The SMILES string of the molecule is CCOC(=O)c1cc(NC(C)c2nccs2)ncc1N. The number of carbonyl (C=O) groups excluding carboxylic acids is 1. The minimum absolute atomic E-state index is 0.00108. The third-order valence-electron chi connectivity index (χ3n) is 2.62. The predicted molar refractivity (Wildman–Crippen MR) is 78.8 cm³/mol. The number of carbonyl (C=O) groups is 1. The number of rotatable bonds is 5. The fraction of sp³-hybridized carbons (Fsp3) is 0.308. The molecule has 7 heteroatoms. The summed E-state index contributed by atoms with van der Waals surface area (Å²) < 4.78 is 4.96. The van der Waals surface area contributed by atoms with E-state index in [0.29, 0.717) is 23.7 Å². The highest BCUT2D eigenvalue weighted by atomic mass is 32.1. The minimum Gasteiger partial charge on any atom is -0.462 e. The van der Waals surface area contributed by atoms with Gasteiger partial charge < -0.3 is 15.8 Å². The minimum atomic E-state index is -0.447. The van der Waals surface area contributed by atoms with E-state index in [1.165, 1.54) is 6.20 Å². The molecule has 0 spiro atoms. The predicted octanol–water partition coefficient (Wildman–Crippen LogP) is 2.47. The second kappa shape index (κ2) is 6.33. The molecule has 2 aromatic heterocycles. The van der Waals surface area contributed by atoms with E-state index in [4.69, 9.17) is 10.5 Å². The number of esters is 1. The van der Waals surface area contributed by atoms with Gasteiger partial charge in [0.05, 0.1) is 30.1 Å². The lowest BCUT2D eigenvalue weighted by atomic mass is 10.2. The molecule has 6 nitrogen and oxygen atoms in total. The fourth-order valence-corrected chi connectivity index (χ4v) is 2.31. The van der Waals surface area contributed by atoms with Crippen LogP contribution in [-0.2, 0) is 4.74 Å². The van der Waals surface area contributed by atoms with Gasteiger partial charge in [-0.15, -0.1) is 11.3 Å². The second-order valence-electron chi connectivity index (χ2n) is 4.11. The molecule has 1 atom stereocenters. The Morgan fingerprint density at radius 3 is 3.00 bits per heavy atom. The van der Waals surface area contributed by atoms with E-state index in [0.717, 1.165) is 5.01 Å². The van der Waals surface area contributed by atoms with Crippen LogP contribution >= 0.6 is 11.3 Å². The molecular formula is C13H16N4O2S. The summed E-state index contributed by atoms with van der Waals surface area (Å²) in [7, 11) is 0. The zero-order valence-corrected chi connectivity index (χ0v) is 12.1. The Balaban J connectivity index is 2.17. The molecule has 0 aromatic carbocycles. The summed E-state index contributed by atoms with van der Waals surface area (Å²) >= 11 is 1.55. The van der Waals surface area contributed by atoms with Crippen LogP contribution in [0.25, 0.3) is 0 Å². The van der Waals surface area contributed by atoms with Gasteiger partial charge in [0, 0.05) is 11.6 Å². The van der Waals surface area contributed by atoms with Crippen LogP contribution in [0.4, 0.5) is 11.5 Å². The number of hydrogen-bond donors (Lipinski definition) is 2. The van der Waals surface area contributed by atoms with Crippen molar-refractivity contribution in [1.29, 1.82) is 0 Å². The molecule has 0 radical (unpaired) electrons. The average molecular weight is 292 g/mol. The Morgan fingerprint density at radius 1 is 1.55 bits per heavy atom. The number of aromatic nitrogens is 2. The Bertz CT molecular complexity index is 586.